The van der Waals surface area contributed by atoms with Crippen LogP contribution in [0.2, 0.25) is 0 Å². The van der Waals surface area contributed by atoms with Crippen molar-refractivity contribution in [3.63, 3.8) is 0 Å². The third-order valence-corrected chi connectivity index (χ3v) is 3.15. The molecule has 0 spiro atoms. The molecule has 0 saturated carbocycles. The lowest BCUT2D eigenvalue weighted by Crippen LogP contribution is -2.42. The van der Waals surface area contributed by atoms with Crippen LogP contribution in [0.25, 0.3) is 0 Å². The summed E-state index contributed by atoms with van der Waals surface area (Å²) in [5.41, 5.74) is 1.48. The van der Waals surface area contributed by atoms with E-state index in [1.165, 1.54) is 5.56 Å². The fraction of sp³-hybridized carbons (Fsp3) is 0.600. The lowest BCUT2D eigenvalue weighted by molar-refractivity contribution is 0.180. The zero-order valence-electron chi connectivity index (χ0n) is 11.7. The van der Waals surface area contributed by atoms with Gasteiger partial charge in [-0.15, -0.1) is 0 Å². The van der Waals surface area contributed by atoms with Crippen LogP contribution in [0, 0.1) is 5.41 Å². The van der Waals surface area contributed by atoms with Crippen molar-refractivity contribution in [2.24, 2.45) is 5.41 Å². The zero-order chi connectivity index (χ0) is 12.9. The third-order valence-electron chi connectivity index (χ3n) is 3.15. The highest BCUT2D eigenvalue weighted by atomic mass is 16.5. The maximum absolute atomic E-state index is 5.95. The Morgan fingerprint density at radius 2 is 1.88 bits per heavy atom. The molecule has 0 aromatic heterocycles. The van der Waals surface area contributed by atoms with Crippen LogP contribution < -0.4 is 10.1 Å². The number of benzene rings is 1. The molecular formula is C15H25NO. The van der Waals surface area contributed by atoms with Crippen molar-refractivity contribution < 1.29 is 4.74 Å². The summed E-state index contributed by atoms with van der Waals surface area (Å²) >= 11 is 0. The summed E-state index contributed by atoms with van der Waals surface area (Å²) in [5.74, 6) is 1.01. The van der Waals surface area contributed by atoms with Crippen molar-refractivity contribution in [3.05, 3.63) is 29.8 Å². The van der Waals surface area contributed by atoms with Crippen LogP contribution in [0.1, 0.15) is 33.3 Å². The molecule has 2 nitrogen and oxygen atoms in total. The standard InChI is InChI=1S/C15H25NO/c1-6-12-9-7-8-10-13(12)17-11-14(16-5)15(2,3)4/h7-10,14,16H,6,11H2,1-5H3. The van der Waals surface area contributed by atoms with Crippen molar-refractivity contribution in [1.82, 2.24) is 5.32 Å². The van der Waals surface area contributed by atoms with E-state index >= 15 is 0 Å². The van der Waals surface area contributed by atoms with Gasteiger partial charge in [-0.3, -0.25) is 0 Å². The maximum atomic E-state index is 5.95. The number of para-hydroxylation sites is 1. The summed E-state index contributed by atoms with van der Waals surface area (Å²) in [6.45, 7) is 9.54. The van der Waals surface area contributed by atoms with E-state index in [4.69, 9.17) is 4.74 Å². The zero-order valence-corrected chi connectivity index (χ0v) is 11.7. The predicted octanol–water partition coefficient (Wildman–Crippen LogP) is 3.26. The number of ether oxygens (including phenoxy) is 1. The molecule has 1 rings (SSSR count). The van der Waals surface area contributed by atoms with E-state index in [1.54, 1.807) is 0 Å². The molecular weight excluding hydrogens is 210 g/mol. The van der Waals surface area contributed by atoms with Crippen LogP contribution in [0.5, 0.6) is 5.75 Å². The first-order valence-electron chi connectivity index (χ1n) is 6.37. The molecule has 0 aliphatic rings. The van der Waals surface area contributed by atoms with E-state index in [0.29, 0.717) is 12.6 Å². The highest BCUT2D eigenvalue weighted by Crippen LogP contribution is 2.22. The smallest absolute Gasteiger partial charge is 0.122 e. The molecule has 1 aromatic rings. The number of hydrogen-bond donors (Lipinski definition) is 1. The average molecular weight is 235 g/mol. The number of aryl methyl sites for hydroxylation is 1. The number of nitrogens with one attached hydrogen (secondary N) is 1. The van der Waals surface area contributed by atoms with Gasteiger partial charge in [-0.2, -0.15) is 0 Å². The van der Waals surface area contributed by atoms with Gasteiger partial charge in [0.05, 0.1) is 0 Å². The highest BCUT2D eigenvalue weighted by molar-refractivity contribution is 5.33. The molecule has 1 unspecified atom stereocenters. The first kappa shape index (κ1) is 14.0. The van der Waals surface area contributed by atoms with Gasteiger partial charge >= 0.3 is 0 Å². The second kappa shape index (κ2) is 6.06. The molecule has 17 heavy (non-hydrogen) atoms. The van der Waals surface area contributed by atoms with Gasteiger partial charge < -0.3 is 10.1 Å². The topological polar surface area (TPSA) is 21.3 Å². The minimum absolute atomic E-state index is 0.204. The Morgan fingerprint density at radius 3 is 2.41 bits per heavy atom. The molecule has 0 heterocycles. The Balaban J connectivity index is 2.66. The highest BCUT2D eigenvalue weighted by Gasteiger charge is 2.23. The van der Waals surface area contributed by atoms with E-state index in [-0.39, 0.29) is 5.41 Å². The molecule has 1 N–H and O–H groups in total. The van der Waals surface area contributed by atoms with Crippen molar-refractivity contribution in [3.8, 4) is 5.75 Å². The van der Waals surface area contributed by atoms with Gasteiger partial charge in [-0.05, 0) is 30.5 Å². The Labute approximate surface area is 105 Å². The monoisotopic (exact) mass is 235 g/mol. The molecule has 0 aliphatic carbocycles. The average Bonchev–Trinajstić information content (AvgIpc) is 2.28. The number of hydrogen-bond acceptors (Lipinski definition) is 2. The first-order valence-corrected chi connectivity index (χ1v) is 6.37. The van der Waals surface area contributed by atoms with Crippen LogP contribution in [-0.4, -0.2) is 19.7 Å². The van der Waals surface area contributed by atoms with Gasteiger partial charge in [0.1, 0.15) is 12.4 Å². The first-order chi connectivity index (χ1) is 7.99. The molecule has 2 heteroatoms. The van der Waals surface area contributed by atoms with Crippen LogP contribution >= 0.6 is 0 Å². The lowest BCUT2D eigenvalue weighted by atomic mass is 9.87. The van der Waals surface area contributed by atoms with Crippen molar-refractivity contribution in [2.75, 3.05) is 13.7 Å². The normalized spacial score (nSPS) is 13.5. The summed E-state index contributed by atoms with van der Waals surface area (Å²) in [7, 11) is 1.99. The van der Waals surface area contributed by atoms with Gasteiger partial charge in [0.2, 0.25) is 0 Å². The Kier molecular flexibility index (Phi) is 5.01. The fourth-order valence-corrected chi connectivity index (χ4v) is 1.88. The minimum Gasteiger partial charge on any atom is -0.492 e. The van der Waals surface area contributed by atoms with Crippen LogP contribution in [0.3, 0.4) is 0 Å². The molecule has 0 aliphatic heterocycles. The lowest BCUT2D eigenvalue weighted by Gasteiger charge is -2.30. The fourth-order valence-electron chi connectivity index (χ4n) is 1.88. The SMILES string of the molecule is CCc1ccccc1OCC(NC)C(C)(C)C. The largest absolute Gasteiger partial charge is 0.492 e. The maximum Gasteiger partial charge on any atom is 0.122 e. The van der Waals surface area contributed by atoms with E-state index in [9.17, 15) is 0 Å². The summed E-state index contributed by atoms with van der Waals surface area (Å²) in [6, 6.07) is 8.62. The molecule has 96 valence electrons. The Hall–Kier alpha value is -1.02. The molecule has 0 fully saturated rings. The quantitative estimate of drug-likeness (QED) is 0.846. The van der Waals surface area contributed by atoms with Crippen molar-refractivity contribution in [2.45, 2.75) is 40.2 Å². The predicted molar refractivity (Wildman–Crippen MR) is 73.6 cm³/mol. The Bertz CT molecular complexity index is 341. The molecule has 0 radical (unpaired) electrons. The second-order valence-corrected chi connectivity index (χ2v) is 5.48. The summed E-state index contributed by atoms with van der Waals surface area (Å²) in [4.78, 5) is 0. The van der Waals surface area contributed by atoms with E-state index < -0.39 is 0 Å². The molecule has 1 aromatic carbocycles. The molecule has 0 bridgehead atoms. The Morgan fingerprint density at radius 1 is 1.24 bits per heavy atom. The summed E-state index contributed by atoms with van der Waals surface area (Å²) < 4.78 is 5.95. The number of likely N-dealkylation sites (N-methyl/N-ethyl adjacent to an activating group) is 1. The number of rotatable bonds is 5. The second-order valence-electron chi connectivity index (χ2n) is 5.48. The van der Waals surface area contributed by atoms with Gasteiger partial charge in [0.25, 0.3) is 0 Å². The van der Waals surface area contributed by atoms with Crippen LogP contribution in [-0.2, 0) is 6.42 Å². The summed E-state index contributed by atoms with van der Waals surface area (Å²) in [6.07, 6.45) is 1.01. The van der Waals surface area contributed by atoms with E-state index in [0.717, 1.165) is 12.2 Å². The molecule has 0 amide bonds. The van der Waals surface area contributed by atoms with E-state index in [1.807, 2.05) is 19.2 Å². The van der Waals surface area contributed by atoms with Gasteiger partial charge in [0, 0.05) is 6.04 Å². The third kappa shape index (κ3) is 4.04. The van der Waals surface area contributed by atoms with Gasteiger partial charge in [-0.1, -0.05) is 45.9 Å². The van der Waals surface area contributed by atoms with Gasteiger partial charge in [-0.25, -0.2) is 0 Å². The van der Waals surface area contributed by atoms with Crippen LogP contribution in [0.4, 0.5) is 0 Å². The van der Waals surface area contributed by atoms with Gasteiger partial charge in [0.15, 0.2) is 0 Å². The summed E-state index contributed by atoms with van der Waals surface area (Å²) in [5, 5.41) is 3.32. The molecule has 1 atom stereocenters. The minimum atomic E-state index is 0.204. The van der Waals surface area contributed by atoms with Crippen molar-refractivity contribution >= 4 is 0 Å². The molecule has 0 saturated heterocycles. The van der Waals surface area contributed by atoms with E-state index in [2.05, 4.69) is 45.1 Å². The van der Waals surface area contributed by atoms with Crippen LogP contribution in [0.15, 0.2) is 24.3 Å². The van der Waals surface area contributed by atoms with Crippen molar-refractivity contribution in [1.29, 1.82) is 0 Å².